The summed E-state index contributed by atoms with van der Waals surface area (Å²) < 4.78 is 10.7. The molecule has 0 aromatic carbocycles. The van der Waals surface area contributed by atoms with Crippen LogP contribution >= 0.6 is 12.6 Å². The van der Waals surface area contributed by atoms with Crippen LogP contribution < -0.4 is 0 Å². The van der Waals surface area contributed by atoms with Gasteiger partial charge in [0.05, 0.1) is 11.7 Å². The molecule has 0 amide bonds. The molecule has 1 unspecified atom stereocenters. The van der Waals surface area contributed by atoms with E-state index in [1.807, 2.05) is 0 Å². The Balaban J connectivity index is 2.02. The average molecular weight is 178 g/mol. The maximum absolute atomic E-state index is 5.48. The lowest BCUT2D eigenvalue weighted by molar-refractivity contribution is 0.0567. The number of thiol groups is 1. The molecule has 0 spiro atoms. The van der Waals surface area contributed by atoms with Crippen molar-refractivity contribution >= 4 is 22.4 Å². The van der Waals surface area contributed by atoms with Gasteiger partial charge in [-0.2, -0.15) is 12.6 Å². The maximum atomic E-state index is 5.48. The largest absolute Gasteiger partial charge is 0.413 e. The fourth-order valence-electron chi connectivity index (χ4n) is 1.12. The van der Waals surface area contributed by atoms with E-state index in [0.717, 1.165) is 6.61 Å². The Morgan fingerprint density at radius 1 is 1.60 bits per heavy atom. The van der Waals surface area contributed by atoms with Gasteiger partial charge < -0.3 is 9.16 Å². The summed E-state index contributed by atoms with van der Waals surface area (Å²) >= 11 is 3.98. The van der Waals surface area contributed by atoms with Gasteiger partial charge in [0, 0.05) is 6.61 Å². The number of ether oxygens (including phenoxy) is 1. The van der Waals surface area contributed by atoms with Crippen molar-refractivity contribution in [1.29, 1.82) is 0 Å². The van der Waals surface area contributed by atoms with Crippen molar-refractivity contribution < 1.29 is 9.16 Å². The molecule has 1 heterocycles. The van der Waals surface area contributed by atoms with Crippen molar-refractivity contribution in [2.75, 3.05) is 12.5 Å². The molecule has 0 radical (unpaired) electrons. The Morgan fingerprint density at radius 3 is 3.10 bits per heavy atom. The van der Waals surface area contributed by atoms with E-state index in [-0.39, 0.29) is 0 Å². The van der Waals surface area contributed by atoms with E-state index in [9.17, 15) is 0 Å². The van der Waals surface area contributed by atoms with E-state index >= 15 is 0 Å². The van der Waals surface area contributed by atoms with E-state index < -0.39 is 9.76 Å². The zero-order valence-corrected chi connectivity index (χ0v) is 8.39. The predicted molar refractivity (Wildman–Crippen MR) is 47.1 cm³/mol. The van der Waals surface area contributed by atoms with E-state index in [2.05, 4.69) is 12.6 Å². The molecule has 0 aromatic heterocycles. The highest BCUT2D eigenvalue weighted by molar-refractivity contribution is 7.80. The molecule has 60 valence electrons. The fraction of sp³-hybridized carbons (Fsp3) is 1.00. The summed E-state index contributed by atoms with van der Waals surface area (Å²) in [6.45, 7) is 0.938. The van der Waals surface area contributed by atoms with Gasteiger partial charge in [-0.05, 0) is 19.3 Å². The second-order valence-electron chi connectivity index (χ2n) is 2.49. The van der Waals surface area contributed by atoms with Gasteiger partial charge in [-0.25, -0.2) is 0 Å². The zero-order chi connectivity index (χ0) is 7.23. The molecule has 4 heteroatoms. The summed E-state index contributed by atoms with van der Waals surface area (Å²) in [4.78, 5) is 0. The molecule has 1 saturated heterocycles. The van der Waals surface area contributed by atoms with Crippen LogP contribution in [0, 0.1) is 0 Å². The first-order chi connectivity index (χ1) is 4.93. The average Bonchev–Trinajstić information content (AvgIpc) is 2.03. The lowest BCUT2D eigenvalue weighted by Gasteiger charge is -2.21. The quantitative estimate of drug-likeness (QED) is 0.385. The van der Waals surface area contributed by atoms with Crippen molar-refractivity contribution in [2.24, 2.45) is 0 Å². The molecular weight excluding hydrogens is 164 g/mol. The normalized spacial score (nSPS) is 27.9. The first-order valence-electron chi connectivity index (χ1n) is 3.73. The number of hydrogen-bond donors (Lipinski definition) is 1. The molecule has 0 aliphatic carbocycles. The summed E-state index contributed by atoms with van der Waals surface area (Å²) in [5.74, 6) is 0.562. The SMILES string of the molecule is SCO[SiH2]C1CCCCO1. The van der Waals surface area contributed by atoms with Crippen LogP contribution in [0.4, 0.5) is 0 Å². The van der Waals surface area contributed by atoms with Crippen LogP contribution in [0.5, 0.6) is 0 Å². The number of hydrogen-bond acceptors (Lipinski definition) is 3. The summed E-state index contributed by atoms with van der Waals surface area (Å²) in [5, 5.41) is 0. The molecular formula is C6H14O2SSi. The van der Waals surface area contributed by atoms with E-state index in [1.165, 1.54) is 19.3 Å². The van der Waals surface area contributed by atoms with Crippen LogP contribution in [-0.2, 0) is 9.16 Å². The van der Waals surface area contributed by atoms with Crippen molar-refractivity contribution in [3.05, 3.63) is 0 Å². The highest BCUT2D eigenvalue weighted by Crippen LogP contribution is 2.11. The highest BCUT2D eigenvalue weighted by atomic mass is 32.1. The molecule has 0 aromatic rings. The van der Waals surface area contributed by atoms with Gasteiger partial charge in [-0.1, -0.05) is 0 Å². The van der Waals surface area contributed by atoms with Gasteiger partial charge in [0.25, 0.3) is 0 Å². The van der Waals surface area contributed by atoms with Gasteiger partial charge in [-0.3, -0.25) is 0 Å². The lowest BCUT2D eigenvalue weighted by atomic mass is 10.2. The van der Waals surface area contributed by atoms with Crippen LogP contribution in [0.1, 0.15) is 19.3 Å². The van der Waals surface area contributed by atoms with Crippen molar-refractivity contribution in [3.63, 3.8) is 0 Å². The molecule has 0 saturated carbocycles. The molecule has 2 nitrogen and oxygen atoms in total. The molecule has 1 rings (SSSR count). The molecule has 1 aliphatic heterocycles. The Kier molecular flexibility index (Phi) is 4.44. The van der Waals surface area contributed by atoms with E-state index in [4.69, 9.17) is 9.16 Å². The minimum absolute atomic E-state index is 0.433. The van der Waals surface area contributed by atoms with Crippen LogP contribution in [0.25, 0.3) is 0 Å². The molecule has 1 fully saturated rings. The number of rotatable bonds is 3. The Labute approximate surface area is 69.6 Å². The summed E-state index contributed by atoms with van der Waals surface area (Å²) in [5.41, 5.74) is 0.473. The van der Waals surface area contributed by atoms with Crippen LogP contribution in [0.3, 0.4) is 0 Å². The van der Waals surface area contributed by atoms with Gasteiger partial charge >= 0.3 is 0 Å². The second kappa shape index (κ2) is 5.18. The zero-order valence-electron chi connectivity index (χ0n) is 6.08. The van der Waals surface area contributed by atoms with Gasteiger partial charge in [0.2, 0.25) is 0 Å². The molecule has 10 heavy (non-hydrogen) atoms. The standard InChI is InChI=1S/C6H14O2SSi/c9-5-8-10-6-3-1-2-4-7-6/h6,9H,1-5,10H2. The lowest BCUT2D eigenvalue weighted by Crippen LogP contribution is -2.27. The molecule has 1 aliphatic rings. The van der Waals surface area contributed by atoms with E-state index in [0.29, 0.717) is 11.7 Å². The Bertz CT molecular complexity index is 85.8. The monoisotopic (exact) mass is 178 g/mol. The second-order valence-corrected chi connectivity index (χ2v) is 4.40. The van der Waals surface area contributed by atoms with Crippen molar-refractivity contribution in [3.8, 4) is 0 Å². The van der Waals surface area contributed by atoms with Crippen LogP contribution in [-0.4, -0.2) is 28.0 Å². The van der Waals surface area contributed by atoms with Crippen molar-refractivity contribution in [2.45, 2.75) is 25.0 Å². The smallest absolute Gasteiger partial charge is 0.191 e. The van der Waals surface area contributed by atoms with Gasteiger partial charge in [0.1, 0.15) is 0 Å². The maximum Gasteiger partial charge on any atom is 0.191 e. The van der Waals surface area contributed by atoms with Gasteiger partial charge in [-0.15, -0.1) is 0 Å². The van der Waals surface area contributed by atoms with Crippen molar-refractivity contribution in [1.82, 2.24) is 0 Å². The predicted octanol–water partition coefficient (Wildman–Crippen LogP) is 0.501. The third-order valence-electron chi connectivity index (χ3n) is 1.67. The van der Waals surface area contributed by atoms with E-state index in [1.54, 1.807) is 0 Å². The Hall–Kier alpha value is 0.487. The van der Waals surface area contributed by atoms with Crippen LogP contribution in [0.15, 0.2) is 0 Å². The Morgan fingerprint density at radius 2 is 2.50 bits per heavy atom. The topological polar surface area (TPSA) is 18.5 Å². The van der Waals surface area contributed by atoms with Gasteiger partial charge in [0.15, 0.2) is 9.76 Å². The first kappa shape index (κ1) is 8.58. The summed E-state index contributed by atoms with van der Waals surface area (Å²) in [6, 6.07) is 0. The summed E-state index contributed by atoms with van der Waals surface area (Å²) in [6.07, 6.45) is 3.75. The minimum Gasteiger partial charge on any atom is -0.413 e. The third-order valence-corrected chi connectivity index (χ3v) is 3.65. The molecule has 1 atom stereocenters. The molecule has 0 bridgehead atoms. The minimum atomic E-state index is -0.433. The third kappa shape index (κ3) is 3.05. The molecule has 0 N–H and O–H groups in total. The summed E-state index contributed by atoms with van der Waals surface area (Å²) in [7, 11) is -0.433. The van der Waals surface area contributed by atoms with Crippen LogP contribution in [0.2, 0.25) is 0 Å². The first-order valence-corrected chi connectivity index (χ1v) is 5.76. The fourth-order valence-corrected chi connectivity index (χ4v) is 2.53. The highest BCUT2D eigenvalue weighted by Gasteiger charge is 2.13.